The Balaban J connectivity index is 1.88. The van der Waals surface area contributed by atoms with E-state index in [1.807, 2.05) is 37.5 Å². The molecule has 4 nitrogen and oxygen atoms in total. The van der Waals surface area contributed by atoms with Crippen molar-refractivity contribution in [3.8, 4) is 0 Å². The fourth-order valence-electron chi connectivity index (χ4n) is 2.47. The fourth-order valence-corrected chi connectivity index (χ4v) is 2.47. The quantitative estimate of drug-likeness (QED) is 0.569. The molecule has 0 saturated heterocycles. The van der Waals surface area contributed by atoms with Crippen LogP contribution < -0.4 is 11.3 Å². The summed E-state index contributed by atoms with van der Waals surface area (Å²) in [5.41, 5.74) is 7.08. The lowest BCUT2D eigenvalue weighted by atomic mass is 10.0. The second kappa shape index (κ2) is 5.99. The SMILES string of the molecule is Cc1cncc(C(Cc2ccc3ccccc3n2)NN)c1. The number of pyridine rings is 2. The first-order chi connectivity index (χ1) is 10.3. The summed E-state index contributed by atoms with van der Waals surface area (Å²) in [6.45, 7) is 2.03. The Morgan fingerprint density at radius 2 is 2.00 bits per heavy atom. The molecular formula is C17H18N4. The number of benzene rings is 1. The van der Waals surface area contributed by atoms with Crippen LogP contribution in [0.4, 0.5) is 0 Å². The number of hydrogen-bond donors (Lipinski definition) is 2. The molecule has 0 aliphatic carbocycles. The molecule has 0 aliphatic rings. The molecule has 21 heavy (non-hydrogen) atoms. The molecular weight excluding hydrogens is 260 g/mol. The van der Waals surface area contributed by atoms with Gasteiger partial charge in [-0.05, 0) is 30.2 Å². The molecule has 2 heterocycles. The summed E-state index contributed by atoms with van der Waals surface area (Å²) in [5, 5.41) is 1.15. The van der Waals surface area contributed by atoms with E-state index in [0.29, 0.717) is 0 Å². The van der Waals surface area contributed by atoms with Crippen molar-refractivity contribution in [3.05, 3.63) is 71.7 Å². The van der Waals surface area contributed by atoms with E-state index in [2.05, 4.69) is 34.7 Å². The summed E-state index contributed by atoms with van der Waals surface area (Å²) >= 11 is 0. The fraction of sp³-hybridized carbons (Fsp3) is 0.176. The van der Waals surface area contributed by atoms with Gasteiger partial charge < -0.3 is 0 Å². The zero-order valence-electron chi connectivity index (χ0n) is 12.0. The molecule has 0 radical (unpaired) electrons. The molecule has 0 saturated carbocycles. The molecule has 1 aromatic carbocycles. The Labute approximate surface area is 124 Å². The van der Waals surface area contributed by atoms with Gasteiger partial charge in [0.2, 0.25) is 0 Å². The maximum absolute atomic E-state index is 5.71. The van der Waals surface area contributed by atoms with Crippen molar-refractivity contribution in [3.63, 3.8) is 0 Å². The van der Waals surface area contributed by atoms with E-state index < -0.39 is 0 Å². The van der Waals surface area contributed by atoms with Crippen LogP contribution in [0.25, 0.3) is 10.9 Å². The van der Waals surface area contributed by atoms with Gasteiger partial charge in [-0.1, -0.05) is 30.3 Å². The number of aryl methyl sites for hydroxylation is 1. The molecule has 1 atom stereocenters. The van der Waals surface area contributed by atoms with E-state index in [1.165, 1.54) is 0 Å². The number of rotatable bonds is 4. The number of aromatic nitrogens is 2. The third-order valence-corrected chi connectivity index (χ3v) is 3.57. The first-order valence-electron chi connectivity index (χ1n) is 6.98. The Kier molecular flexibility index (Phi) is 3.90. The van der Waals surface area contributed by atoms with Crippen LogP contribution in [0, 0.1) is 6.92 Å². The van der Waals surface area contributed by atoms with Crippen LogP contribution >= 0.6 is 0 Å². The van der Waals surface area contributed by atoms with Crippen LogP contribution in [0.5, 0.6) is 0 Å². The Bertz CT molecular complexity index is 754. The van der Waals surface area contributed by atoms with Gasteiger partial charge in [-0.25, -0.2) is 0 Å². The second-order valence-electron chi connectivity index (χ2n) is 5.21. The predicted molar refractivity (Wildman–Crippen MR) is 84.5 cm³/mol. The lowest BCUT2D eigenvalue weighted by Gasteiger charge is -2.16. The zero-order valence-corrected chi connectivity index (χ0v) is 12.0. The molecule has 106 valence electrons. The molecule has 3 aromatic rings. The van der Waals surface area contributed by atoms with Crippen molar-refractivity contribution < 1.29 is 0 Å². The van der Waals surface area contributed by atoms with Crippen LogP contribution in [0.15, 0.2) is 54.9 Å². The van der Waals surface area contributed by atoms with Crippen LogP contribution in [0.2, 0.25) is 0 Å². The first kappa shape index (κ1) is 13.7. The van der Waals surface area contributed by atoms with Crippen LogP contribution in [-0.2, 0) is 6.42 Å². The number of nitrogens with zero attached hydrogens (tertiary/aromatic N) is 2. The Hall–Kier alpha value is -2.30. The van der Waals surface area contributed by atoms with Crippen molar-refractivity contribution in [2.45, 2.75) is 19.4 Å². The lowest BCUT2D eigenvalue weighted by Crippen LogP contribution is -2.30. The average Bonchev–Trinajstić information content (AvgIpc) is 2.52. The van der Waals surface area contributed by atoms with E-state index in [0.717, 1.165) is 34.1 Å². The van der Waals surface area contributed by atoms with Crippen molar-refractivity contribution in [1.82, 2.24) is 15.4 Å². The molecule has 1 unspecified atom stereocenters. The Morgan fingerprint density at radius 1 is 1.14 bits per heavy atom. The van der Waals surface area contributed by atoms with Gasteiger partial charge in [0, 0.05) is 29.9 Å². The van der Waals surface area contributed by atoms with Crippen LogP contribution in [-0.4, -0.2) is 9.97 Å². The van der Waals surface area contributed by atoms with E-state index in [1.54, 1.807) is 0 Å². The van der Waals surface area contributed by atoms with Gasteiger partial charge in [0.15, 0.2) is 0 Å². The summed E-state index contributed by atoms with van der Waals surface area (Å²) in [6, 6.07) is 14.4. The zero-order chi connectivity index (χ0) is 14.7. The largest absolute Gasteiger partial charge is 0.271 e. The molecule has 0 amide bonds. The smallest absolute Gasteiger partial charge is 0.0705 e. The minimum absolute atomic E-state index is 0.00561. The number of para-hydroxylation sites is 1. The summed E-state index contributed by atoms with van der Waals surface area (Å²) in [4.78, 5) is 8.92. The van der Waals surface area contributed by atoms with Gasteiger partial charge >= 0.3 is 0 Å². The van der Waals surface area contributed by atoms with Crippen molar-refractivity contribution in [2.24, 2.45) is 5.84 Å². The third kappa shape index (κ3) is 3.07. The number of nitrogens with one attached hydrogen (secondary N) is 1. The van der Waals surface area contributed by atoms with E-state index in [9.17, 15) is 0 Å². The van der Waals surface area contributed by atoms with Gasteiger partial charge in [-0.15, -0.1) is 0 Å². The van der Waals surface area contributed by atoms with Crippen molar-refractivity contribution in [2.75, 3.05) is 0 Å². The minimum Gasteiger partial charge on any atom is -0.271 e. The Morgan fingerprint density at radius 3 is 2.81 bits per heavy atom. The van der Waals surface area contributed by atoms with Crippen molar-refractivity contribution >= 4 is 10.9 Å². The minimum atomic E-state index is 0.00561. The maximum Gasteiger partial charge on any atom is 0.0705 e. The topological polar surface area (TPSA) is 63.8 Å². The summed E-state index contributed by atoms with van der Waals surface area (Å²) in [7, 11) is 0. The normalized spacial score (nSPS) is 12.5. The molecule has 2 aromatic heterocycles. The van der Waals surface area contributed by atoms with Gasteiger partial charge in [0.25, 0.3) is 0 Å². The highest BCUT2D eigenvalue weighted by atomic mass is 15.2. The number of fused-ring (bicyclic) bond motifs is 1. The van der Waals surface area contributed by atoms with E-state index in [-0.39, 0.29) is 6.04 Å². The molecule has 4 heteroatoms. The van der Waals surface area contributed by atoms with Gasteiger partial charge in [0.05, 0.1) is 11.6 Å². The standard InChI is InChI=1S/C17H18N4/c1-12-8-14(11-19-10-12)17(21-18)9-15-7-6-13-4-2-3-5-16(13)20-15/h2-8,10-11,17,21H,9,18H2,1H3. The lowest BCUT2D eigenvalue weighted by molar-refractivity contribution is 0.544. The van der Waals surface area contributed by atoms with Crippen LogP contribution in [0.3, 0.4) is 0 Å². The molecule has 3 N–H and O–H groups in total. The molecule has 0 bridgehead atoms. The van der Waals surface area contributed by atoms with Crippen LogP contribution in [0.1, 0.15) is 22.9 Å². The number of hydrogen-bond acceptors (Lipinski definition) is 4. The van der Waals surface area contributed by atoms with Gasteiger partial charge in [-0.3, -0.25) is 21.2 Å². The molecule has 3 rings (SSSR count). The van der Waals surface area contributed by atoms with Gasteiger partial charge in [0.1, 0.15) is 0 Å². The predicted octanol–water partition coefficient (Wildman–Crippen LogP) is 2.69. The monoisotopic (exact) mass is 278 g/mol. The summed E-state index contributed by atoms with van der Waals surface area (Å²) < 4.78 is 0. The number of nitrogens with two attached hydrogens (primary N) is 1. The molecule has 0 fully saturated rings. The van der Waals surface area contributed by atoms with E-state index >= 15 is 0 Å². The summed E-state index contributed by atoms with van der Waals surface area (Å²) in [6.07, 6.45) is 4.41. The second-order valence-corrected chi connectivity index (χ2v) is 5.21. The van der Waals surface area contributed by atoms with Crippen molar-refractivity contribution in [1.29, 1.82) is 0 Å². The third-order valence-electron chi connectivity index (χ3n) is 3.57. The van der Waals surface area contributed by atoms with E-state index in [4.69, 9.17) is 10.8 Å². The molecule has 0 aliphatic heterocycles. The highest BCUT2D eigenvalue weighted by Crippen LogP contribution is 2.19. The number of hydrazine groups is 1. The first-order valence-corrected chi connectivity index (χ1v) is 6.98. The average molecular weight is 278 g/mol. The van der Waals surface area contributed by atoms with Gasteiger partial charge in [-0.2, -0.15) is 0 Å². The summed E-state index contributed by atoms with van der Waals surface area (Å²) in [5.74, 6) is 5.71. The maximum atomic E-state index is 5.71. The molecule has 0 spiro atoms. The highest BCUT2D eigenvalue weighted by Gasteiger charge is 2.12. The highest BCUT2D eigenvalue weighted by molar-refractivity contribution is 5.78.